The highest BCUT2D eigenvalue weighted by Crippen LogP contribution is 2.39. The zero-order chi connectivity index (χ0) is 23.7. The summed E-state index contributed by atoms with van der Waals surface area (Å²) in [5, 5.41) is 10.1. The number of nitrogens with one attached hydrogen (secondary N) is 1. The first-order valence-corrected chi connectivity index (χ1v) is 10.4. The summed E-state index contributed by atoms with van der Waals surface area (Å²) in [6, 6.07) is 15.4. The first-order chi connectivity index (χ1) is 15.9. The van der Waals surface area contributed by atoms with Gasteiger partial charge in [0.05, 0.1) is 19.9 Å². The van der Waals surface area contributed by atoms with Crippen LogP contribution in [0.1, 0.15) is 17.2 Å². The Kier molecular flexibility index (Phi) is 5.94. The average molecular weight is 466 g/mol. The second-order valence-corrected chi connectivity index (χ2v) is 7.77. The summed E-state index contributed by atoms with van der Waals surface area (Å²) in [6.07, 6.45) is 0. The fourth-order valence-corrected chi connectivity index (χ4v) is 3.93. The van der Waals surface area contributed by atoms with Crippen LogP contribution >= 0.6 is 11.6 Å². The molecule has 9 nitrogen and oxygen atoms in total. The molecule has 0 bridgehead atoms. The lowest BCUT2D eigenvalue weighted by Gasteiger charge is -2.44. The van der Waals surface area contributed by atoms with Crippen LogP contribution < -0.4 is 20.5 Å². The molecule has 2 heterocycles. The molecule has 0 radical (unpaired) electrons. The van der Waals surface area contributed by atoms with Gasteiger partial charge >= 0.3 is 0 Å². The van der Waals surface area contributed by atoms with Crippen molar-refractivity contribution in [3.63, 3.8) is 0 Å². The molecule has 1 aliphatic rings. The number of β-lactam (4-membered cyclic amide) rings is 1. The maximum absolute atomic E-state index is 12.9. The van der Waals surface area contributed by atoms with E-state index in [1.165, 1.54) is 16.6 Å². The quantitative estimate of drug-likeness (QED) is 0.440. The number of aromatic nitrogens is 2. The Morgan fingerprint density at radius 1 is 1.03 bits per heavy atom. The van der Waals surface area contributed by atoms with Crippen molar-refractivity contribution in [2.45, 2.75) is 11.4 Å². The summed E-state index contributed by atoms with van der Waals surface area (Å²) in [6.45, 7) is 0. The molecule has 1 aromatic heterocycles. The number of rotatable bonds is 6. The summed E-state index contributed by atoms with van der Waals surface area (Å²) in [4.78, 5) is 29.9. The van der Waals surface area contributed by atoms with Crippen LogP contribution in [0.5, 0.6) is 11.5 Å². The molecule has 4 rings (SSSR count). The second-order valence-electron chi connectivity index (χ2n) is 7.30. The SMILES string of the molecule is COc1ccc(-c2nc(NN3C(=O)C(Cl)C3c3ccc(OC)cc3)n(C)c(=O)c2C#N)cc1. The average Bonchev–Trinajstić information content (AvgIpc) is 2.86. The van der Waals surface area contributed by atoms with Gasteiger partial charge in [-0.05, 0) is 42.0 Å². The highest BCUT2D eigenvalue weighted by molar-refractivity contribution is 6.33. The van der Waals surface area contributed by atoms with Crippen molar-refractivity contribution in [2.24, 2.45) is 7.05 Å². The molecule has 1 N–H and O–H groups in total. The number of nitriles is 1. The van der Waals surface area contributed by atoms with Crippen molar-refractivity contribution >= 4 is 23.5 Å². The van der Waals surface area contributed by atoms with E-state index in [1.54, 1.807) is 50.6 Å². The predicted octanol–water partition coefficient (Wildman–Crippen LogP) is 2.85. The van der Waals surface area contributed by atoms with Crippen LogP contribution in [0.3, 0.4) is 0 Å². The van der Waals surface area contributed by atoms with E-state index >= 15 is 0 Å². The minimum Gasteiger partial charge on any atom is -0.497 e. The smallest absolute Gasteiger partial charge is 0.273 e. The number of amides is 1. The van der Waals surface area contributed by atoms with E-state index in [4.69, 9.17) is 21.1 Å². The Bertz CT molecular complexity index is 1300. The number of halogens is 1. The Morgan fingerprint density at radius 2 is 1.61 bits per heavy atom. The molecular weight excluding hydrogens is 446 g/mol. The number of hydrogen-bond donors (Lipinski definition) is 1. The van der Waals surface area contributed by atoms with Crippen LogP contribution in [0.25, 0.3) is 11.3 Å². The maximum atomic E-state index is 12.9. The van der Waals surface area contributed by atoms with Crippen molar-refractivity contribution in [1.29, 1.82) is 5.26 Å². The van der Waals surface area contributed by atoms with Crippen LogP contribution in [0, 0.1) is 11.3 Å². The Balaban J connectivity index is 1.72. The minimum absolute atomic E-state index is 0.0975. The van der Waals surface area contributed by atoms with Gasteiger partial charge in [0.1, 0.15) is 34.6 Å². The van der Waals surface area contributed by atoms with E-state index < -0.39 is 17.0 Å². The summed E-state index contributed by atoms with van der Waals surface area (Å²) >= 11 is 6.30. The summed E-state index contributed by atoms with van der Waals surface area (Å²) < 4.78 is 11.5. The molecule has 1 fully saturated rings. The third-order valence-corrected chi connectivity index (χ3v) is 5.90. The molecule has 2 atom stereocenters. The van der Waals surface area contributed by atoms with Crippen LogP contribution in [-0.2, 0) is 11.8 Å². The number of methoxy groups -OCH3 is 2. The number of alkyl halides is 1. The number of carbonyl (C=O) groups excluding carboxylic acids is 1. The molecule has 33 heavy (non-hydrogen) atoms. The molecule has 1 amide bonds. The minimum atomic E-state index is -0.776. The fourth-order valence-electron chi connectivity index (χ4n) is 3.57. The predicted molar refractivity (Wildman–Crippen MR) is 122 cm³/mol. The molecule has 3 aromatic rings. The van der Waals surface area contributed by atoms with Gasteiger partial charge in [-0.2, -0.15) is 5.26 Å². The summed E-state index contributed by atoms with van der Waals surface area (Å²) in [5.41, 5.74) is 3.81. The van der Waals surface area contributed by atoms with Gasteiger partial charge in [-0.1, -0.05) is 12.1 Å². The van der Waals surface area contributed by atoms with E-state index in [1.807, 2.05) is 18.2 Å². The van der Waals surface area contributed by atoms with Gasteiger partial charge < -0.3 is 9.47 Å². The van der Waals surface area contributed by atoms with E-state index in [-0.39, 0.29) is 23.1 Å². The fraction of sp³-hybridized carbons (Fsp3) is 0.217. The van der Waals surface area contributed by atoms with E-state index in [2.05, 4.69) is 10.4 Å². The topological polar surface area (TPSA) is 109 Å². The summed E-state index contributed by atoms with van der Waals surface area (Å²) in [5.74, 6) is 1.04. The lowest BCUT2D eigenvalue weighted by molar-refractivity contribution is -0.143. The molecule has 10 heteroatoms. The number of nitrogens with zero attached hydrogens (tertiary/aromatic N) is 4. The third kappa shape index (κ3) is 3.85. The largest absolute Gasteiger partial charge is 0.497 e. The molecule has 1 saturated heterocycles. The lowest BCUT2D eigenvalue weighted by Crippen LogP contribution is -2.59. The van der Waals surface area contributed by atoms with Crippen molar-refractivity contribution in [1.82, 2.24) is 14.6 Å². The Labute approximate surface area is 194 Å². The van der Waals surface area contributed by atoms with Crippen molar-refractivity contribution in [3.05, 3.63) is 70.0 Å². The van der Waals surface area contributed by atoms with Crippen molar-refractivity contribution in [3.8, 4) is 28.8 Å². The van der Waals surface area contributed by atoms with Crippen LogP contribution in [0.2, 0.25) is 0 Å². The van der Waals surface area contributed by atoms with Crippen molar-refractivity contribution in [2.75, 3.05) is 19.6 Å². The third-order valence-electron chi connectivity index (χ3n) is 5.47. The van der Waals surface area contributed by atoms with Gasteiger partial charge in [-0.3, -0.25) is 19.6 Å². The van der Waals surface area contributed by atoms with E-state index in [0.717, 1.165) is 5.56 Å². The molecule has 0 saturated carbocycles. The standard InChI is InChI=1S/C23H20ClN5O4/c1-28-21(30)17(12-25)19(13-4-8-15(32-2)9-5-13)26-23(28)27-29-20(18(24)22(29)31)14-6-10-16(33-3)11-7-14/h4-11,18,20H,1-3H3,(H,26,27). The number of anilines is 1. The van der Waals surface area contributed by atoms with Crippen LogP contribution in [-0.4, -0.2) is 40.1 Å². The molecule has 2 aromatic carbocycles. The normalized spacial score (nSPS) is 17.2. The van der Waals surface area contributed by atoms with Gasteiger partial charge in [0.25, 0.3) is 11.5 Å². The monoisotopic (exact) mass is 465 g/mol. The number of hydrazine groups is 1. The molecular formula is C23H20ClN5O4. The zero-order valence-corrected chi connectivity index (χ0v) is 18.8. The first-order valence-electron chi connectivity index (χ1n) is 9.93. The van der Waals surface area contributed by atoms with Gasteiger partial charge in [-0.15, -0.1) is 11.6 Å². The lowest BCUT2D eigenvalue weighted by atomic mass is 9.95. The van der Waals surface area contributed by atoms with Gasteiger partial charge in [0.15, 0.2) is 0 Å². The highest BCUT2D eigenvalue weighted by atomic mass is 35.5. The Morgan fingerprint density at radius 3 is 2.15 bits per heavy atom. The van der Waals surface area contributed by atoms with Crippen molar-refractivity contribution < 1.29 is 14.3 Å². The molecule has 168 valence electrons. The maximum Gasteiger partial charge on any atom is 0.273 e. The zero-order valence-electron chi connectivity index (χ0n) is 18.1. The van der Waals surface area contributed by atoms with Gasteiger partial charge in [-0.25, -0.2) is 9.99 Å². The van der Waals surface area contributed by atoms with Gasteiger partial charge in [0, 0.05) is 12.6 Å². The highest BCUT2D eigenvalue weighted by Gasteiger charge is 2.48. The number of carbonyl (C=O) groups is 1. The molecule has 0 spiro atoms. The second kappa shape index (κ2) is 8.84. The van der Waals surface area contributed by atoms with E-state index in [9.17, 15) is 14.9 Å². The van der Waals surface area contributed by atoms with Gasteiger partial charge in [0.2, 0.25) is 5.95 Å². The molecule has 2 unspecified atom stereocenters. The summed E-state index contributed by atoms with van der Waals surface area (Å²) in [7, 11) is 4.58. The molecule has 1 aliphatic heterocycles. The van der Waals surface area contributed by atoms with Crippen LogP contribution in [0.15, 0.2) is 53.3 Å². The molecule has 0 aliphatic carbocycles. The van der Waals surface area contributed by atoms with Crippen LogP contribution in [0.4, 0.5) is 5.95 Å². The first kappa shape index (κ1) is 22.2. The number of ether oxygens (including phenoxy) is 2. The van der Waals surface area contributed by atoms with E-state index in [0.29, 0.717) is 17.1 Å². The number of benzene rings is 2. The Hall–Kier alpha value is -4.03. The number of hydrogen-bond acceptors (Lipinski definition) is 7.